The molecule has 0 atom stereocenters. The maximum Gasteiger partial charge on any atom is 0.304 e. The van der Waals surface area contributed by atoms with Gasteiger partial charge in [0.05, 0.1) is 13.0 Å². The highest BCUT2D eigenvalue weighted by atomic mass is 35.5. The number of carbonyl (C=O) groups is 2. The molecule has 1 fully saturated rings. The van der Waals surface area contributed by atoms with Crippen LogP contribution in [0.3, 0.4) is 0 Å². The van der Waals surface area contributed by atoms with E-state index in [2.05, 4.69) is 5.32 Å². The molecule has 118 valence electrons. The van der Waals surface area contributed by atoms with Crippen LogP contribution in [0.25, 0.3) is 0 Å². The number of hydrogen-bond acceptors (Lipinski definition) is 3. The Morgan fingerprint density at radius 2 is 1.90 bits per heavy atom. The summed E-state index contributed by atoms with van der Waals surface area (Å²) >= 11 is 0. The van der Waals surface area contributed by atoms with Crippen molar-refractivity contribution < 1.29 is 14.7 Å². The molecular formula is C14H27ClN2O3. The first-order valence-corrected chi connectivity index (χ1v) is 7.25. The highest BCUT2D eigenvalue weighted by Gasteiger charge is 2.13. The van der Waals surface area contributed by atoms with Gasteiger partial charge >= 0.3 is 5.97 Å². The first-order chi connectivity index (χ1) is 9.08. The number of hydrogen-bond donors (Lipinski definition) is 2. The molecule has 0 saturated heterocycles. The molecule has 6 heteroatoms. The summed E-state index contributed by atoms with van der Waals surface area (Å²) in [5.74, 6) is -0.0629. The van der Waals surface area contributed by atoms with Crippen molar-refractivity contribution in [3.63, 3.8) is 0 Å². The summed E-state index contributed by atoms with van der Waals surface area (Å²) in [5.41, 5.74) is 0. The number of carbonyl (C=O) groups excluding carboxylic acids is 1. The topological polar surface area (TPSA) is 69.6 Å². The Morgan fingerprint density at radius 1 is 1.25 bits per heavy atom. The van der Waals surface area contributed by atoms with Crippen LogP contribution >= 0.6 is 12.4 Å². The van der Waals surface area contributed by atoms with E-state index in [0.29, 0.717) is 6.54 Å². The van der Waals surface area contributed by atoms with Crippen molar-refractivity contribution in [2.45, 2.75) is 44.9 Å². The molecule has 0 unspecified atom stereocenters. The second kappa shape index (κ2) is 10.9. The van der Waals surface area contributed by atoms with E-state index in [0.717, 1.165) is 18.9 Å². The normalized spacial score (nSPS) is 15.7. The molecule has 2 N–H and O–H groups in total. The average Bonchev–Trinajstić information content (AvgIpc) is 2.37. The second-order valence-electron chi connectivity index (χ2n) is 5.52. The molecule has 1 aliphatic carbocycles. The molecule has 1 amide bonds. The van der Waals surface area contributed by atoms with Crippen LogP contribution in [0.15, 0.2) is 0 Å². The molecule has 0 aromatic carbocycles. The fraction of sp³-hybridized carbons (Fsp3) is 0.857. The molecule has 1 rings (SSSR count). The molecule has 1 saturated carbocycles. The van der Waals surface area contributed by atoms with Gasteiger partial charge in [-0.3, -0.25) is 14.5 Å². The number of nitrogens with one attached hydrogen (secondary N) is 1. The lowest BCUT2D eigenvalue weighted by Crippen LogP contribution is -2.37. The molecule has 0 aliphatic heterocycles. The van der Waals surface area contributed by atoms with Gasteiger partial charge in [0, 0.05) is 13.1 Å². The van der Waals surface area contributed by atoms with Gasteiger partial charge in [-0.15, -0.1) is 12.4 Å². The first-order valence-electron chi connectivity index (χ1n) is 7.25. The van der Waals surface area contributed by atoms with Gasteiger partial charge in [-0.2, -0.15) is 0 Å². The standard InChI is InChI=1S/C14H26N2O3.ClH/c1-16(10-8-14(18)19)11-13(17)15-9-7-12-5-3-2-4-6-12;/h12H,2-11H2,1H3,(H,15,17)(H,18,19);1H. The molecular weight excluding hydrogens is 280 g/mol. The van der Waals surface area contributed by atoms with Gasteiger partial charge in [0.15, 0.2) is 0 Å². The highest BCUT2D eigenvalue weighted by molar-refractivity contribution is 5.85. The molecule has 0 radical (unpaired) electrons. The SMILES string of the molecule is CN(CCC(=O)O)CC(=O)NCCC1CCCCC1.Cl. The minimum atomic E-state index is -0.829. The lowest BCUT2D eigenvalue weighted by atomic mass is 9.87. The van der Waals surface area contributed by atoms with Crippen LogP contribution in [0, 0.1) is 5.92 Å². The first kappa shape index (κ1) is 19.2. The summed E-state index contributed by atoms with van der Waals surface area (Å²) < 4.78 is 0. The Bertz CT molecular complexity index is 294. The van der Waals surface area contributed by atoms with E-state index in [9.17, 15) is 9.59 Å². The maximum absolute atomic E-state index is 11.6. The third-order valence-electron chi connectivity index (χ3n) is 3.72. The fourth-order valence-corrected chi connectivity index (χ4v) is 2.56. The summed E-state index contributed by atoms with van der Waals surface area (Å²) in [6, 6.07) is 0. The predicted molar refractivity (Wildman–Crippen MR) is 81.2 cm³/mol. The molecule has 0 aromatic heterocycles. The van der Waals surface area contributed by atoms with Crippen LogP contribution < -0.4 is 5.32 Å². The van der Waals surface area contributed by atoms with Crippen LogP contribution in [0.2, 0.25) is 0 Å². The molecule has 20 heavy (non-hydrogen) atoms. The fourth-order valence-electron chi connectivity index (χ4n) is 2.56. The number of likely N-dealkylation sites (N-methyl/N-ethyl adjacent to an activating group) is 1. The number of aliphatic carboxylic acids is 1. The van der Waals surface area contributed by atoms with E-state index in [1.54, 1.807) is 11.9 Å². The minimum absolute atomic E-state index is 0. The van der Waals surface area contributed by atoms with Crippen molar-refractivity contribution >= 4 is 24.3 Å². The van der Waals surface area contributed by atoms with Crippen LogP contribution in [-0.2, 0) is 9.59 Å². The lowest BCUT2D eigenvalue weighted by Gasteiger charge is -2.21. The zero-order valence-electron chi connectivity index (χ0n) is 12.3. The van der Waals surface area contributed by atoms with E-state index < -0.39 is 5.97 Å². The van der Waals surface area contributed by atoms with E-state index in [1.807, 2.05) is 0 Å². The summed E-state index contributed by atoms with van der Waals surface area (Å²) in [4.78, 5) is 23.8. The van der Waals surface area contributed by atoms with Gasteiger partial charge in [0.25, 0.3) is 0 Å². The molecule has 0 bridgehead atoms. The Morgan fingerprint density at radius 3 is 2.50 bits per heavy atom. The molecule has 0 aromatic rings. The lowest BCUT2D eigenvalue weighted by molar-refractivity contribution is -0.137. The van der Waals surface area contributed by atoms with Crippen LogP contribution in [0.1, 0.15) is 44.9 Å². The maximum atomic E-state index is 11.6. The summed E-state index contributed by atoms with van der Waals surface area (Å²) in [5, 5.41) is 11.5. The average molecular weight is 307 g/mol. The Kier molecular flexibility index (Phi) is 10.5. The Labute approximate surface area is 127 Å². The van der Waals surface area contributed by atoms with Gasteiger partial charge in [0.1, 0.15) is 0 Å². The number of carboxylic acid groups (broad SMARTS) is 1. The summed E-state index contributed by atoms with van der Waals surface area (Å²) in [6.45, 7) is 1.43. The minimum Gasteiger partial charge on any atom is -0.481 e. The van der Waals surface area contributed by atoms with Gasteiger partial charge in [-0.25, -0.2) is 0 Å². The monoisotopic (exact) mass is 306 g/mol. The zero-order chi connectivity index (χ0) is 14.1. The Hall–Kier alpha value is -0.810. The number of halogens is 1. The van der Waals surface area contributed by atoms with E-state index in [1.165, 1.54) is 32.1 Å². The van der Waals surface area contributed by atoms with Gasteiger partial charge in [-0.1, -0.05) is 32.1 Å². The molecule has 0 spiro atoms. The van der Waals surface area contributed by atoms with Crippen LogP contribution in [0.5, 0.6) is 0 Å². The molecule has 5 nitrogen and oxygen atoms in total. The van der Waals surface area contributed by atoms with Crippen LogP contribution in [0.4, 0.5) is 0 Å². The number of rotatable bonds is 8. The van der Waals surface area contributed by atoms with Crippen molar-refractivity contribution in [1.29, 1.82) is 0 Å². The Balaban J connectivity index is 0.00000361. The number of nitrogens with zero attached hydrogens (tertiary/aromatic N) is 1. The largest absolute Gasteiger partial charge is 0.481 e. The van der Waals surface area contributed by atoms with Gasteiger partial charge in [-0.05, 0) is 19.4 Å². The zero-order valence-corrected chi connectivity index (χ0v) is 13.1. The second-order valence-corrected chi connectivity index (χ2v) is 5.52. The number of amides is 1. The smallest absolute Gasteiger partial charge is 0.304 e. The predicted octanol–water partition coefficient (Wildman–Crippen LogP) is 1.90. The third kappa shape index (κ3) is 9.15. The summed E-state index contributed by atoms with van der Waals surface area (Å²) in [6.07, 6.45) is 7.77. The van der Waals surface area contributed by atoms with Crippen molar-refractivity contribution in [1.82, 2.24) is 10.2 Å². The quantitative estimate of drug-likeness (QED) is 0.718. The van der Waals surface area contributed by atoms with E-state index >= 15 is 0 Å². The van der Waals surface area contributed by atoms with Crippen molar-refractivity contribution in [2.24, 2.45) is 5.92 Å². The van der Waals surface area contributed by atoms with Gasteiger partial charge < -0.3 is 10.4 Å². The van der Waals surface area contributed by atoms with Crippen molar-refractivity contribution in [3.8, 4) is 0 Å². The highest BCUT2D eigenvalue weighted by Crippen LogP contribution is 2.25. The molecule has 0 heterocycles. The van der Waals surface area contributed by atoms with Gasteiger partial charge in [0.2, 0.25) is 5.91 Å². The molecule has 1 aliphatic rings. The van der Waals surface area contributed by atoms with Crippen molar-refractivity contribution in [2.75, 3.05) is 26.7 Å². The van der Waals surface area contributed by atoms with E-state index in [-0.39, 0.29) is 31.3 Å². The van der Waals surface area contributed by atoms with Crippen molar-refractivity contribution in [3.05, 3.63) is 0 Å². The third-order valence-corrected chi connectivity index (χ3v) is 3.72. The summed E-state index contributed by atoms with van der Waals surface area (Å²) in [7, 11) is 1.77. The van der Waals surface area contributed by atoms with Crippen LogP contribution in [-0.4, -0.2) is 48.6 Å². The number of carboxylic acids is 1. The van der Waals surface area contributed by atoms with E-state index in [4.69, 9.17) is 5.11 Å².